The average Bonchev–Trinajstić information content (AvgIpc) is 3.19. The number of nitrogens with zero attached hydrogens (tertiary/aromatic N) is 5. The third-order valence-electron chi connectivity index (χ3n) is 6.95. The Morgan fingerprint density at radius 1 is 1.23 bits per heavy atom. The van der Waals surface area contributed by atoms with Crippen LogP contribution in [0.15, 0.2) is 52.5 Å². The average molecular weight is 503 g/mol. The first-order valence-electron chi connectivity index (χ1n) is 11.6. The predicted molar refractivity (Wildman–Crippen MR) is 127 cm³/mol. The van der Waals surface area contributed by atoms with Crippen LogP contribution in [0.5, 0.6) is 0 Å². The lowest BCUT2D eigenvalue weighted by Gasteiger charge is -2.34. The lowest BCUT2D eigenvalue weighted by molar-refractivity contribution is 0.0267. The molecule has 10 nitrogen and oxygen atoms in total. The smallest absolute Gasteiger partial charge is 0.252 e. The van der Waals surface area contributed by atoms with E-state index in [4.69, 9.17) is 0 Å². The number of pyridine rings is 2. The number of aromatic nitrogens is 4. The summed E-state index contributed by atoms with van der Waals surface area (Å²) in [4.78, 5) is 25.4. The zero-order chi connectivity index (χ0) is 24.8. The van der Waals surface area contributed by atoms with Crippen LogP contribution in [0.2, 0.25) is 0 Å². The maximum absolute atomic E-state index is 15.1. The van der Waals surface area contributed by atoms with E-state index in [9.17, 15) is 18.3 Å². The second kappa shape index (κ2) is 8.92. The Bertz CT molecular complexity index is 1400. The fraction of sp³-hybridized carbons (Fsp3) is 0.478. The van der Waals surface area contributed by atoms with Crippen molar-refractivity contribution in [3.63, 3.8) is 0 Å². The molecule has 12 heteroatoms. The fourth-order valence-corrected chi connectivity index (χ4v) is 6.45. The zero-order valence-corrected chi connectivity index (χ0v) is 20.0. The van der Waals surface area contributed by atoms with Crippen LogP contribution in [-0.2, 0) is 10.0 Å². The minimum absolute atomic E-state index is 0.0252. The molecule has 0 unspecified atom stereocenters. The number of aliphatic hydroxyl groups is 1. The highest BCUT2D eigenvalue weighted by Gasteiger charge is 2.40. The third kappa shape index (κ3) is 4.41. The number of rotatable bonds is 5. The van der Waals surface area contributed by atoms with Gasteiger partial charge in [0.15, 0.2) is 0 Å². The van der Waals surface area contributed by atoms with Crippen molar-refractivity contribution in [1.82, 2.24) is 23.8 Å². The Kier molecular flexibility index (Phi) is 6.06. The Balaban J connectivity index is 1.38. The maximum Gasteiger partial charge on any atom is 0.252 e. The van der Waals surface area contributed by atoms with Crippen LogP contribution in [0.3, 0.4) is 0 Å². The second-order valence-electron chi connectivity index (χ2n) is 9.39. The van der Waals surface area contributed by atoms with Crippen molar-refractivity contribution in [2.75, 3.05) is 18.4 Å². The van der Waals surface area contributed by atoms with Crippen LogP contribution < -0.4 is 10.9 Å². The third-order valence-corrected chi connectivity index (χ3v) is 8.80. The van der Waals surface area contributed by atoms with Crippen LogP contribution in [0.4, 0.5) is 10.3 Å². The van der Waals surface area contributed by atoms with Gasteiger partial charge in [0.25, 0.3) is 5.56 Å². The molecule has 186 valence electrons. The van der Waals surface area contributed by atoms with Crippen LogP contribution >= 0.6 is 0 Å². The van der Waals surface area contributed by atoms with Gasteiger partial charge in [-0.3, -0.25) is 14.3 Å². The predicted octanol–water partition coefficient (Wildman–Crippen LogP) is 1.88. The van der Waals surface area contributed by atoms with Crippen LogP contribution in [-0.4, -0.2) is 68.3 Å². The summed E-state index contributed by atoms with van der Waals surface area (Å²) >= 11 is 0. The van der Waals surface area contributed by atoms with Gasteiger partial charge in [-0.05, 0) is 50.8 Å². The molecule has 0 amide bonds. The van der Waals surface area contributed by atoms with E-state index in [1.54, 1.807) is 19.2 Å². The summed E-state index contributed by atoms with van der Waals surface area (Å²) in [6.07, 6.45) is 5.01. The van der Waals surface area contributed by atoms with Gasteiger partial charge in [-0.1, -0.05) is 0 Å². The van der Waals surface area contributed by atoms with E-state index in [0.717, 1.165) is 10.7 Å². The van der Waals surface area contributed by atoms with Crippen molar-refractivity contribution in [1.29, 1.82) is 0 Å². The summed E-state index contributed by atoms with van der Waals surface area (Å²) < 4.78 is 43.4. The number of fused-ring (bicyclic) bond motifs is 1. The topological polar surface area (TPSA) is 130 Å². The summed E-state index contributed by atoms with van der Waals surface area (Å²) in [6, 6.07) is 4.90. The van der Waals surface area contributed by atoms with Gasteiger partial charge in [0, 0.05) is 43.1 Å². The molecule has 2 aliphatic rings. The van der Waals surface area contributed by atoms with Crippen molar-refractivity contribution in [2.45, 2.75) is 61.4 Å². The van der Waals surface area contributed by atoms with Gasteiger partial charge >= 0.3 is 0 Å². The molecule has 0 bridgehead atoms. The molecule has 5 rings (SSSR count). The highest BCUT2D eigenvalue weighted by Crippen LogP contribution is 2.39. The number of halogens is 1. The van der Waals surface area contributed by atoms with E-state index >= 15 is 4.39 Å². The molecule has 1 saturated carbocycles. The molecule has 4 heterocycles. The quantitative estimate of drug-likeness (QED) is 0.541. The van der Waals surface area contributed by atoms with Crippen molar-refractivity contribution in [2.24, 2.45) is 0 Å². The molecule has 35 heavy (non-hydrogen) atoms. The van der Waals surface area contributed by atoms with Gasteiger partial charge in [0.1, 0.15) is 16.7 Å². The van der Waals surface area contributed by atoms with Crippen LogP contribution in [0.1, 0.15) is 38.6 Å². The largest absolute Gasteiger partial charge is 0.388 e. The molecule has 1 aliphatic heterocycles. The van der Waals surface area contributed by atoms with Gasteiger partial charge in [0.05, 0.1) is 17.7 Å². The Morgan fingerprint density at radius 2 is 2.06 bits per heavy atom. The molecule has 0 radical (unpaired) electrons. The van der Waals surface area contributed by atoms with E-state index < -0.39 is 33.9 Å². The summed E-state index contributed by atoms with van der Waals surface area (Å²) in [5.41, 5.74) is -0.936. The molecule has 2 fully saturated rings. The van der Waals surface area contributed by atoms with Crippen molar-refractivity contribution in [3.8, 4) is 0 Å². The SMILES string of the molecule is C[C@@]1(O)CCC[C@H]1n1c(=O)ccc2cnc(N[C@@H]3CCN(S(=O)(=O)c4cccnc4)C[C@H]3F)nc21. The number of piperidine rings is 1. The number of sulfonamides is 1. The van der Waals surface area contributed by atoms with E-state index in [1.807, 2.05) is 0 Å². The molecule has 0 aromatic carbocycles. The van der Waals surface area contributed by atoms with Crippen molar-refractivity contribution in [3.05, 3.63) is 53.2 Å². The molecule has 2 N–H and O–H groups in total. The first-order chi connectivity index (χ1) is 16.7. The Labute approximate surface area is 201 Å². The van der Waals surface area contributed by atoms with E-state index in [-0.39, 0.29) is 35.9 Å². The fourth-order valence-electron chi connectivity index (χ4n) is 5.02. The normalized spacial score (nSPS) is 27.8. The van der Waals surface area contributed by atoms with E-state index in [0.29, 0.717) is 23.9 Å². The molecule has 1 aliphatic carbocycles. The van der Waals surface area contributed by atoms with Gasteiger partial charge in [-0.2, -0.15) is 9.29 Å². The van der Waals surface area contributed by atoms with Gasteiger partial charge in [-0.25, -0.2) is 17.8 Å². The molecule has 0 spiro atoms. The lowest BCUT2D eigenvalue weighted by atomic mass is 10.00. The minimum atomic E-state index is -3.84. The summed E-state index contributed by atoms with van der Waals surface area (Å²) in [7, 11) is -3.84. The van der Waals surface area contributed by atoms with E-state index in [1.165, 1.54) is 35.2 Å². The standard InChI is InChI=1S/C23H27FN6O4S/c1-23(32)9-2-5-19(23)30-20(31)7-6-15-12-26-22(28-21(15)30)27-18-8-11-29(14-17(18)24)35(33,34)16-4-3-10-25-13-16/h3-4,6-7,10,12-13,17-19,32H,2,5,8-9,11,14H2,1H3,(H,26,27,28)/t17-,18-,19-,23-/m1/s1. The summed E-state index contributed by atoms with van der Waals surface area (Å²) in [5, 5.41) is 14.4. The number of alkyl halides is 1. The second-order valence-corrected chi connectivity index (χ2v) is 11.3. The van der Waals surface area contributed by atoms with Gasteiger partial charge in [-0.15, -0.1) is 0 Å². The van der Waals surface area contributed by atoms with Gasteiger partial charge in [0.2, 0.25) is 16.0 Å². The number of hydrogen-bond donors (Lipinski definition) is 2. The van der Waals surface area contributed by atoms with Crippen LogP contribution in [0.25, 0.3) is 11.0 Å². The highest BCUT2D eigenvalue weighted by molar-refractivity contribution is 7.89. The Hall–Kier alpha value is -2.96. The zero-order valence-electron chi connectivity index (χ0n) is 19.2. The maximum atomic E-state index is 15.1. The van der Waals surface area contributed by atoms with Crippen molar-refractivity contribution < 1.29 is 17.9 Å². The molecule has 4 atom stereocenters. The first kappa shape index (κ1) is 23.8. The molecule has 3 aromatic rings. The number of anilines is 1. The first-order valence-corrected chi connectivity index (χ1v) is 13.0. The van der Waals surface area contributed by atoms with E-state index in [2.05, 4.69) is 20.3 Å². The highest BCUT2D eigenvalue weighted by atomic mass is 32.2. The number of nitrogens with one attached hydrogen (secondary N) is 1. The summed E-state index contributed by atoms with van der Waals surface area (Å²) in [5.74, 6) is 0.144. The summed E-state index contributed by atoms with van der Waals surface area (Å²) in [6.45, 7) is 1.54. The molecular weight excluding hydrogens is 475 g/mol. The van der Waals surface area contributed by atoms with Crippen molar-refractivity contribution >= 4 is 27.0 Å². The monoisotopic (exact) mass is 502 g/mol. The van der Waals surface area contributed by atoms with Crippen LogP contribution in [0, 0.1) is 0 Å². The number of hydrogen-bond acceptors (Lipinski definition) is 8. The molecule has 1 saturated heterocycles. The van der Waals surface area contributed by atoms with Gasteiger partial charge < -0.3 is 10.4 Å². The molecular formula is C23H27FN6O4S. The molecule has 3 aromatic heterocycles. The minimum Gasteiger partial charge on any atom is -0.388 e. The Morgan fingerprint density at radius 3 is 2.74 bits per heavy atom. The lowest BCUT2D eigenvalue weighted by Crippen LogP contribution is -2.50.